The minimum atomic E-state index is -2.05. The molecule has 0 saturated carbocycles. The summed E-state index contributed by atoms with van der Waals surface area (Å²) in [5.41, 5.74) is 8.56. The molecule has 2 atom stereocenters. The molecule has 0 spiro atoms. The van der Waals surface area contributed by atoms with Crippen molar-refractivity contribution in [1.29, 1.82) is 0 Å². The number of carbonyl (C=O) groups excluding carboxylic acids is 1. The van der Waals surface area contributed by atoms with Crippen LogP contribution in [-0.2, 0) is 42.6 Å². The van der Waals surface area contributed by atoms with Crippen molar-refractivity contribution in [3.8, 4) is 5.75 Å². The summed E-state index contributed by atoms with van der Waals surface area (Å²) in [6, 6.07) is 10.6. The summed E-state index contributed by atoms with van der Waals surface area (Å²) in [6.07, 6.45) is 15.5. The van der Waals surface area contributed by atoms with Gasteiger partial charge in [0.25, 0.3) is 6.47 Å². The van der Waals surface area contributed by atoms with Gasteiger partial charge in [0.1, 0.15) is 24.3 Å². The van der Waals surface area contributed by atoms with Crippen molar-refractivity contribution in [2.45, 2.75) is 107 Å². The Balaban J connectivity index is 0.000000827. The maximum atomic E-state index is 11.8. The van der Waals surface area contributed by atoms with Crippen LogP contribution in [0.4, 0.5) is 5.69 Å². The van der Waals surface area contributed by atoms with Crippen LogP contribution >= 0.6 is 0 Å². The SMILES string of the molecule is CCCCCC[N+]1=C(/C=C/C=C2/Oc3ccc(S(=O)O)cc3C2(C)C)C(C)(C)c2cc(S(=O)O)ccc21.CO.NCCCCCC=O.O=CO. The highest BCUT2D eigenvalue weighted by molar-refractivity contribution is 7.79. The second-order valence-corrected chi connectivity index (χ2v) is 14.5. The minimum absolute atomic E-state index is 0.250. The number of fused-ring (bicyclic) bond motifs is 2. The predicted octanol–water partition coefficient (Wildman–Crippen LogP) is 6.63. The van der Waals surface area contributed by atoms with Crippen molar-refractivity contribution in [3.63, 3.8) is 0 Å². The lowest BCUT2D eigenvalue weighted by Crippen LogP contribution is -2.28. The third kappa shape index (κ3) is 12.2. The van der Waals surface area contributed by atoms with Gasteiger partial charge in [-0.2, -0.15) is 4.58 Å². The van der Waals surface area contributed by atoms with Crippen LogP contribution < -0.4 is 10.5 Å². The topological polar surface area (TPSA) is 187 Å². The van der Waals surface area contributed by atoms with Gasteiger partial charge in [0.05, 0.1) is 20.6 Å². The first-order valence-corrected chi connectivity index (χ1v) is 18.9. The van der Waals surface area contributed by atoms with E-state index in [-0.39, 0.29) is 11.9 Å². The van der Waals surface area contributed by atoms with Gasteiger partial charge in [0, 0.05) is 43.2 Å². The summed E-state index contributed by atoms with van der Waals surface area (Å²) in [4.78, 5) is 18.9. The molecule has 2 aromatic carbocycles. The quantitative estimate of drug-likeness (QED) is 0.0610. The molecular formula is C37H55N2O9S2+. The van der Waals surface area contributed by atoms with E-state index in [1.807, 2.05) is 38.1 Å². The summed E-state index contributed by atoms with van der Waals surface area (Å²) in [6.45, 7) is 12.0. The molecule has 50 heavy (non-hydrogen) atoms. The van der Waals surface area contributed by atoms with Crippen LogP contribution in [-0.4, -0.2) is 71.0 Å². The van der Waals surface area contributed by atoms with E-state index in [1.54, 1.807) is 24.3 Å². The number of nitrogens with zero attached hydrogens (tertiary/aromatic N) is 1. The van der Waals surface area contributed by atoms with E-state index >= 15 is 0 Å². The van der Waals surface area contributed by atoms with Crippen LogP contribution in [0.2, 0.25) is 0 Å². The molecule has 2 heterocycles. The molecule has 0 amide bonds. The third-order valence-corrected chi connectivity index (χ3v) is 9.80. The van der Waals surface area contributed by atoms with Gasteiger partial charge in [-0.25, -0.2) is 8.42 Å². The number of carboxylic acid groups (broad SMARTS) is 1. The number of rotatable bonds is 14. The van der Waals surface area contributed by atoms with E-state index in [1.165, 1.54) is 12.8 Å². The Morgan fingerprint density at radius 1 is 0.840 bits per heavy atom. The Morgan fingerprint density at radius 3 is 1.98 bits per heavy atom. The number of aliphatic hydroxyl groups excluding tert-OH is 1. The van der Waals surface area contributed by atoms with Gasteiger partial charge in [-0.3, -0.25) is 4.79 Å². The van der Waals surface area contributed by atoms with Crippen LogP contribution in [0.3, 0.4) is 0 Å². The molecule has 13 heteroatoms. The van der Waals surface area contributed by atoms with Gasteiger partial charge >= 0.3 is 0 Å². The van der Waals surface area contributed by atoms with Crippen molar-refractivity contribution >= 4 is 46.3 Å². The summed E-state index contributed by atoms with van der Waals surface area (Å²) in [7, 11) is 1.00. The standard InChI is InChI=1S/C29H35NO5S2.C6H13NO.CH2O2.CH4O/c1-6-7-8-9-17-30-24-15-13-20(36(31)32)18-22(24)28(2,3)26(30)11-10-12-27-29(4,5)23-19-21(37(33)34)14-16-25(23)35-27;7-5-3-1-2-4-6-8;2-1-3;1-2/h10-16,18-19H,6-9,17H2,1-5H3,(H-,31,32,33,34);6H,1-5,7H2;1H,(H,2,3);2H,1H3/p+1/b11-10+,27-12+;;;. The van der Waals surface area contributed by atoms with E-state index in [0.29, 0.717) is 22.0 Å². The molecule has 0 radical (unpaired) electrons. The zero-order valence-corrected chi connectivity index (χ0v) is 31.7. The number of hydrogen-bond acceptors (Lipinski definition) is 7. The third-order valence-electron chi connectivity index (χ3n) is 8.49. The largest absolute Gasteiger partial charge is 0.483 e. The van der Waals surface area contributed by atoms with E-state index in [2.05, 4.69) is 31.4 Å². The summed E-state index contributed by atoms with van der Waals surface area (Å²) >= 11 is -4.08. The first-order chi connectivity index (χ1) is 23.8. The number of allylic oxidation sites excluding steroid dienone is 4. The van der Waals surface area contributed by atoms with Gasteiger partial charge < -0.3 is 34.6 Å². The first-order valence-electron chi connectivity index (χ1n) is 16.7. The maximum absolute atomic E-state index is 11.8. The van der Waals surface area contributed by atoms with Crippen LogP contribution in [0.15, 0.2) is 70.2 Å². The summed E-state index contributed by atoms with van der Waals surface area (Å²) in [5, 5.41) is 13.9. The lowest BCUT2D eigenvalue weighted by atomic mass is 9.81. The van der Waals surface area contributed by atoms with E-state index in [9.17, 15) is 22.3 Å². The lowest BCUT2D eigenvalue weighted by molar-refractivity contribution is -0.438. The zero-order chi connectivity index (χ0) is 37.9. The van der Waals surface area contributed by atoms with E-state index in [0.717, 1.165) is 86.9 Å². The Labute approximate surface area is 301 Å². The lowest BCUT2D eigenvalue weighted by Gasteiger charge is -2.18. The number of hydrogen-bond donors (Lipinski definition) is 5. The minimum Gasteiger partial charge on any atom is -0.483 e. The van der Waals surface area contributed by atoms with Crippen molar-refractivity contribution in [1.82, 2.24) is 0 Å². The van der Waals surface area contributed by atoms with Crippen molar-refractivity contribution in [3.05, 3.63) is 71.5 Å². The number of carbonyl (C=O) groups is 2. The van der Waals surface area contributed by atoms with Crippen molar-refractivity contribution < 1.29 is 46.6 Å². The molecular weight excluding hydrogens is 681 g/mol. The number of unbranched alkanes of at least 4 members (excludes halogenated alkanes) is 6. The fourth-order valence-corrected chi connectivity index (χ4v) is 6.60. The number of aliphatic hydroxyl groups is 1. The Hall–Kier alpha value is -3.33. The van der Waals surface area contributed by atoms with Crippen LogP contribution in [0, 0.1) is 0 Å². The summed E-state index contributed by atoms with van der Waals surface area (Å²) in [5.74, 6) is 1.46. The molecule has 6 N–H and O–H groups in total. The second kappa shape index (κ2) is 22.5. The average Bonchev–Trinajstić information content (AvgIpc) is 3.47. The molecule has 2 aromatic rings. The molecule has 2 aliphatic rings. The number of benzene rings is 2. The zero-order valence-electron chi connectivity index (χ0n) is 30.1. The molecule has 2 aliphatic heterocycles. The fraction of sp³-hybridized carbons (Fsp3) is 0.486. The highest BCUT2D eigenvalue weighted by Gasteiger charge is 2.44. The van der Waals surface area contributed by atoms with Gasteiger partial charge in [-0.05, 0) is 89.9 Å². The molecule has 0 aromatic heterocycles. The van der Waals surface area contributed by atoms with Gasteiger partial charge in [-0.15, -0.1) is 0 Å². The highest BCUT2D eigenvalue weighted by Crippen LogP contribution is 2.46. The Morgan fingerprint density at radius 2 is 1.42 bits per heavy atom. The molecule has 0 bridgehead atoms. The van der Waals surface area contributed by atoms with Crippen LogP contribution in [0.1, 0.15) is 97.1 Å². The van der Waals surface area contributed by atoms with Crippen molar-refractivity contribution in [2.75, 3.05) is 20.2 Å². The van der Waals surface area contributed by atoms with Gasteiger partial charge in [-0.1, -0.05) is 32.3 Å². The molecule has 2 unspecified atom stereocenters. The number of nitrogens with two attached hydrogens (primary N) is 1. The van der Waals surface area contributed by atoms with Gasteiger partial charge in [0.2, 0.25) is 5.69 Å². The van der Waals surface area contributed by atoms with Crippen LogP contribution in [0.5, 0.6) is 5.75 Å². The Bertz CT molecular complexity index is 1550. The van der Waals surface area contributed by atoms with Crippen molar-refractivity contribution in [2.24, 2.45) is 5.73 Å². The normalized spacial score (nSPS) is 16.8. The number of ether oxygens (including phenoxy) is 1. The molecule has 0 fully saturated rings. The fourth-order valence-electron chi connectivity index (χ4n) is 5.79. The summed E-state index contributed by atoms with van der Waals surface area (Å²) < 4.78 is 51.0. The molecule has 11 nitrogen and oxygen atoms in total. The molecule has 4 rings (SSSR count). The molecule has 0 saturated heterocycles. The molecule has 0 aliphatic carbocycles. The smallest absolute Gasteiger partial charge is 0.290 e. The predicted molar refractivity (Wildman–Crippen MR) is 199 cm³/mol. The van der Waals surface area contributed by atoms with E-state index < -0.39 is 27.6 Å². The van der Waals surface area contributed by atoms with E-state index in [4.69, 9.17) is 25.5 Å². The number of aldehydes is 1. The van der Waals surface area contributed by atoms with Crippen LogP contribution in [0.25, 0.3) is 0 Å². The first kappa shape index (κ1) is 44.7. The Kier molecular flexibility index (Phi) is 20.1. The maximum Gasteiger partial charge on any atom is 0.290 e. The van der Waals surface area contributed by atoms with Gasteiger partial charge in [0.15, 0.2) is 27.9 Å². The monoisotopic (exact) mass is 735 g/mol. The molecule has 278 valence electrons. The highest BCUT2D eigenvalue weighted by atomic mass is 32.2. The average molecular weight is 736 g/mol. The second-order valence-electron chi connectivity index (χ2n) is 12.6.